The number of likely N-dealkylation sites (N-methyl/N-ethyl adjacent to an activating group) is 1. The topological polar surface area (TPSA) is 70.2 Å². The first-order valence-corrected chi connectivity index (χ1v) is 6.80. The number of carbonyl (C=O) groups excluding carboxylic acids is 2. The number of anilines is 1. The summed E-state index contributed by atoms with van der Waals surface area (Å²) >= 11 is 0. The van der Waals surface area contributed by atoms with E-state index in [1.54, 1.807) is 24.3 Å². The SMILES string of the molecule is CNC(C)CNC(=O)c1ccc(NC(=O)C(C)C)cc1. The summed E-state index contributed by atoms with van der Waals surface area (Å²) in [5, 5.41) is 8.68. The Balaban J connectivity index is 2.57. The molecule has 0 bridgehead atoms. The number of benzene rings is 1. The van der Waals surface area contributed by atoms with E-state index < -0.39 is 0 Å². The van der Waals surface area contributed by atoms with Crippen LogP contribution in [0.3, 0.4) is 0 Å². The second-order valence-corrected chi connectivity index (χ2v) is 5.12. The maximum atomic E-state index is 11.9. The van der Waals surface area contributed by atoms with Crippen molar-refractivity contribution < 1.29 is 9.59 Å². The third kappa shape index (κ3) is 5.01. The summed E-state index contributed by atoms with van der Waals surface area (Å²) in [6.07, 6.45) is 0. The summed E-state index contributed by atoms with van der Waals surface area (Å²) in [5.41, 5.74) is 1.28. The molecule has 1 rings (SSSR count). The molecule has 5 heteroatoms. The van der Waals surface area contributed by atoms with Gasteiger partial charge in [-0.2, -0.15) is 0 Å². The lowest BCUT2D eigenvalue weighted by Gasteiger charge is -2.12. The zero-order valence-electron chi connectivity index (χ0n) is 12.5. The predicted molar refractivity (Wildman–Crippen MR) is 80.8 cm³/mol. The van der Waals surface area contributed by atoms with Crippen LogP contribution in [-0.2, 0) is 4.79 Å². The molecule has 1 aromatic carbocycles. The third-order valence-corrected chi connectivity index (χ3v) is 3.00. The smallest absolute Gasteiger partial charge is 0.251 e. The zero-order chi connectivity index (χ0) is 15.1. The number of amides is 2. The Hall–Kier alpha value is -1.88. The molecule has 0 fully saturated rings. The van der Waals surface area contributed by atoms with Gasteiger partial charge >= 0.3 is 0 Å². The lowest BCUT2D eigenvalue weighted by Crippen LogP contribution is -2.37. The van der Waals surface area contributed by atoms with Crippen molar-refractivity contribution in [3.8, 4) is 0 Å². The minimum atomic E-state index is -0.117. The fourth-order valence-corrected chi connectivity index (χ4v) is 1.44. The van der Waals surface area contributed by atoms with Crippen LogP contribution >= 0.6 is 0 Å². The van der Waals surface area contributed by atoms with Gasteiger partial charge in [-0.1, -0.05) is 13.8 Å². The van der Waals surface area contributed by atoms with Crippen molar-refractivity contribution in [1.29, 1.82) is 0 Å². The molecule has 0 saturated carbocycles. The van der Waals surface area contributed by atoms with E-state index in [9.17, 15) is 9.59 Å². The molecule has 0 heterocycles. The Morgan fingerprint density at radius 2 is 1.70 bits per heavy atom. The maximum absolute atomic E-state index is 11.9. The zero-order valence-corrected chi connectivity index (χ0v) is 12.5. The highest BCUT2D eigenvalue weighted by molar-refractivity contribution is 5.96. The second-order valence-electron chi connectivity index (χ2n) is 5.12. The molecule has 0 aliphatic rings. The summed E-state index contributed by atoms with van der Waals surface area (Å²) in [4.78, 5) is 23.4. The van der Waals surface area contributed by atoms with Crippen molar-refractivity contribution in [3.05, 3.63) is 29.8 Å². The molecule has 0 saturated heterocycles. The highest BCUT2D eigenvalue weighted by Gasteiger charge is 2.09. The molecule has 0 aliphatic heterocycles. The maximum Gasteiger partial charge on any atom is 0.251 e. The van der Waals surface area contributed by atoms with Crippen molar-refractivity contribution in [2.24, 2.45) is 5.92 Å². The van der Waals surface area contributed by atoms with Crippen molar-refractivity contribution >= 4 is 17.5 Å². The van der Waals surface area contributed by atoms with E-state index in [0.717, 1.165) is 0 Å². The molecular formula is C15H23N3O2. The van der Waals surface area contributed by atoms with E-state index in [1.165, 1.54) is 0 Å². The standard InChI is InChI=1S/C15H23N3O2/c1-10(2)14(19)18-13-7-5-12(6-8-13)15(20)17-9-11(3)16-4/h5-8,10-11,16H,9H2,1-4H3,(H,17,20)(H,18,19). The molecule has 0 spiro atoms. The molecule has 0 radical (unpaired) electrons. The van der Waals surface area contributed by atoms with Crippen LogP contribution in [0.1, 0.15) is 31.1 Å². The summed E-state index contributed by atoms with van der Waals surface area (Å²) in [6, 6.07) is 7.10. The van der Waals surface area contributed by atoms with E-state index in [-0.39, 0.29) is 23.8 Å². The van der Waals surface area contributed by atoms with Crippen LogP contribution in [0.4, 0.5) is 5.69 Å². The highest BCUT2D eigenvalue weighted by Crippen LogP contribution is 2.11. The summed E-state index contributed by atoms with van der Waals surface area (Å²) in [5.74, 6) is -0.222. The summed E-state index contributed by atoms with van der Waals surface area (Å²) < 4.78 is 0. The van der Waals surface area contributed by atoms with Crippen LogP contribution in [0.25, 0.3) is 0 Å². The van der Waals surface area contributed by atoms with Gasteiger partial charge in [-0.15, -0.1) is 0 Å². The number of hydrogen-bond acceptors (Lipinski definition) is 3. The van der Waals surface area contributed by atoms with E-state index in [1.807, 2.05) is 27.8 Å². The number of nitrogens with one attached hydrogen (secondary N) is 3. The van der Waals surface area contributed by atoms with E-state index in [2.05, 4.69) is 16.0 Å². The van der Waals surface area contributed by atoms with Gasteiger partial charge in [0, 0.05) is 29.8 Å². The highest BCUT2D eigenvalue weighted by atomic mass is 16.2. The lowest BCUT2D eigenvalue weighted by molar-refractivity contribution is -0.118. The number of rotatable bonds is 6. The first kappa shape index (κ1) is 16.2. The molecule has 1 atom stereocenters. The van der Waals surface area contributed by atoms with Crippen LogP contribution in [0.5, 0.6) is 0 Å². The molecular weight excluding hydrogens is 254 g/mol. The molecule has 1 aromatic rings. The van der Waals surface area contributed by atoms with E-state index >= 15 is 0 Å². The third-order valence-electron chi connectivity index (χ3n) is 3.00. The monoisotopic (exact) mass is 277 g/mol. The minimum Gasteiger partial charge on any atom is -0.350 e. The molecule has 0 aromatic heterocycles. The van der Waals surface area contributed by atoms with E-state index in [4.69, 9.17) is 0 Å². The van der Waals surface area contributed by atoms with E-state index in [0.29, 0.717) is 17.8 Å². The van der Waals surface area contributed by atoms with Gasteiger partial charge in [0.05, 0.1) is 0 Å². The number of carbonyl (C=O) groups is 2. The average Bonchev–Trinajstić information content (AvgIpc) is 2.44. The van der Waals surface area contributed by atoms with Crippen LogP contribution in [0.2, 0.25) is 0 Å². The molecule has 1 unspecified atom stereocenters. The second kappa shape index (κ2) is 7.65. The molecule has 3 N–H and O–H groups in total. The van der Waals surface area contributed by atoms with Gasteiger partial charge in [0.2, 0.25) is 5.91 Å². The Morgan fingerprint density at radius 3 is 2.20 bits per heavy atom. The predicted octanol–water partition coefficient (Wildman–Crippen LogP) is 1.62. The van der Waals surface area contributed by atoms with Gasteiger partial charge in [0.25, 0.3) is 5.91 Å². The van der Waals surface area contributed by atoms with Gasteiger partial charge < -0.3 is 16.0 Å². The fourth-order valence-electron chi connectivity index (χ4n) is 1.44. The Bertz CT molecular complexity index is 455. The van der Waals surface area contributed by atoms with Gasteiger partial charge in [-0.3, -0.25) is 9.59 Å². The molecule has 110 valence electrons. The first-order valence-electron chi connectivity index (χ1n) is 6.80. The van der Waals surface area contributed by atoms with Gasteiger partial charge in [-0.05, 0) is 38.2 Å². The van der Waals surface area contributed by atoms with Crippen molar-refractivity contribution in [1.82, 2.24) is 10.6 Å². The van der Waals surface area contributed by atoms with Crippen LogP contribution < -0.4 is 16.0 Å². The Morgan fingerprint density at radius 1 is 1.10 bits per heavy atom. The van der Waals surface area contributed by atoms with Gasteiger partial charge in [0.15, 0.2) is 0 Å². The molecule has 20 heavy (non-hydrogen) atoms. The summed E-state index contributed by atoms with van der Waals surface area (Å²) in [7, 11) is 1.85. The lowest BCUT2D eigenvalue weighted by atomic mass is 10.1. The van der Waals surface area contributed by atoms with Gasteiger partial charge in [0.1, 0.15) is 0 Å². The average molecular weight is 277 g/mol. The number of hydrogen-bond donors (Lipinski definition) is 3. The normalized spacial score (nSPS) is 12.1. The van der Waals surface area contributed by atoms with Crippen LogP contribution in [-0.4, -0.2) is 31.4 Å². The minimum absolute atomic E-state index is 0.0370. The van der Waals surface area contributed by atoms with Crippen molar-refractivity contribution in [2.75, 3.05) is 18.9 Å². The molecule has 2 amide bonds. The van der Waals surface area contributed by atoms with Crippen molar-refractivity contribution in [2.45, 2.75) is 26.8 Å². The van der Waals surface area contributed by atoms with Gasteiger partial charge in [-0.25, -0.2) is 0 Å². The first-order chi connectivity index (χ1) is 9.43. The van der Waals surface area contributed by atoms with Crippen molar-refractivity contribution in [3.63, 3.8) is 0 Å². The Kier molecular flexibility index (Phi) is 6.18. The Labute approximate surface area is 120 Å². The molecule has 0 aliphatic carbocycles. The fraction of sp³-hybridized carbons (Fsp3) is 0.467. The quantitative estimate of drug-likeness (QED) is 0.740. The largest absolute Gasteiger partial charge is 0.350 e. The van der Waals surface area contributed by atoms with Crippen LogP contribution in [0, 0.1) is 5.92 Å². The summed E-state index contributed by atoms with van der Waals surface area (Å²) in [6.45, 7) is 6.23. The molecule has 5 nitrogen and oxygen atoms in total. The van der Waals surface area contributed by atoms with Crippen LogP contribution in [0.15, 0.2) is 24.3 Å².